The smallest absolute Gasteiger partial charge is 0.110 e. The van der Waals surface area contributed by atoms with Gasteiger partial charge in [-0.1, -0.05) is 32.0 Å². The molecule has 0 radical (unpaired) electrons. The molecule has 68 valence electrons. The van der Waals surface area contributed by atoms with E-state index in [0.29, 0.717) is 18.1 Å². The zero-order valence-corrected chi connectivity index (χ0v) is 8.08. The van der Waals surface area contributed by atoms with E-state index in [0.717, 1.165) is 6.42 Å². The first-order chi connectivity index (χ1) is 6.27. The second kappa shape index (κ2) is 2.36. The predicted octanol–water partition coefficient (Wildman–Crippen LogP) is 2.81. The normalized spacial score (nSPS) is 28.8. The lowest BCUT2D eigenvalue weighted by molar-refractivity contribution is 0.360. The summed E-state index contributed by atoms with van der Waals surface area (Å²) < 4.78 is 5.51. The molecule has 2 atom stereocenters. The van der Waals surface area contributed by atoms with Crippen molar-refractivity contribution in [1.29, 1.82) is 0 Å². The van der Waals surface area contributed by atoms with E-state index in [2.05, 4.69) is 32.0 Å². The van der Waals surface area contributed by atoms with Crippen LogP contribution >= 0.6 is 0 Å². The molecular formula is C12H14O. The maximum Gasteiger partial charge on any atom is 0.110 e. The summed E-state index contributed by atoms with van der Waals surface area (Å²) in [4.78, 5) is 0. The molecular weight excluding hydrogens is 160 g/mol. The molecule has 1 aromatic carbocycles. The highest BCUT2D eigenvalue weighted by molar-refractivity contribution is 5.45. The zero-order valence-electron chi connectivity index (χ0n) is 8.08. The third-order valence-electron chi connectivity index (χ3n) is 3.16. The number of fused-ring (bicyclic) bond motifs is 3. The topological polar surface area (TPSA) is 12.5 Å². The molecule has 13 heavy (non-hydrogen) atoms. The van der Waals surface area contributed by atoms with E-state index in [9.17, 15) is 0 Å². The highest BCUT2D eigenvalue weighted by Gasteiger charge is 2.47. The Morgan fingerprint density at radius 2 is 2.23 bits per heavy atom. The molecule has 2 aliphatic rings. The van der Waals surface area contributed by atoms with Gasteiger partial charge in [0.2, 0.25) is 0 Å². The lowest BCUT2D eigenvalue weighted by Gasteiger charge is -2.12. The monoisotopic (exact) mass is 174 g/mol. The first kappa shape index (κ1) is 7.57. The fourth-order valence-electron chi connectivity index (χ4n) is 2.44. The summed E-state index contributed by atoms with van der Waals surface area (Å²) in [5.41, 5.74) is 4.54. The van der Waals surface area contributed by atoms with Crippen LogP contribution in [0.4, 0.5) is 0 Å². The van der Waals surface area contributed by atoms with E-state index in [1.54, 1.807) is 5.56 Å². The lowest BCUT2D eigenvalue weighted by Crippen LogP contribution is -1.98. The van der Waals surface area contributed by atoms with E-state index in [1.807, 2.05) is 0 Å². The molecule has 1 aromatic rings. The number of benzene rings is 1. The van der Waals surface area contributed by atoms with Crippen molar-refractivity contribution in [3.05, 3.63) is 34.9 Å². The summed E-state index contributed by atoms with van der Waals surface area (Å²) in [5, 5.41) is 0. The van der Waals surface area contributed by atoms with Crippen LogP contribution in [0.25, 0.3) is 0 Å². The Labute approximate surface area is 78.7 Å². The largest absolute Gasteiger partial charge is 0.364 e. The van der Waals surface area contributed by atoms with Crippen molar-refractivity contribution < 1.29 is 4.74 Å². The van der Waals surface area contributed by atoms with Crippen molar-refractivity contribution in [3.63, 3.8) is 0 Å². The molecule has 3 rings (SSSR count). The zero-order chi connectivity index (χ0) is 9.00. The van der Waals surface area contributed by atoms with Gasteiger partial charge in [0.05, 0.1) is 6.10 Å². The van der Waals surface area contributed by atoms with Gasteiger partial charge in [-0.15, -0.1) is 0 Å². The van der Waals surface area contributed by atoms with Crippen molar-refractivity contribution in [2.24, 2.45) is 0 Å². The summed E-state index contributed by atoms with van der Waals surface area (Å²) >= 11 is 0. The molecule has 1 nitrogen and oxygen atoms in total. The maximum absolute atomic E-state index is 5.51. The van der Waals surface area contributed by atoms with E-state index in [1.165, 1.54) is 11.1 Å². The number of ether oxygens (including phenoxy) is 1. The van der Waals surface area contributed by atoms with Crippen molar-refractivity contribution in [2.75, 3.05) is 0 Å². The van der Waals surface area contributed by atoms with Gasteiger partial charge in [0, 0.05) is 6.42 Å². The molecule has 0 unspecified atom stereocenters. The molecule has 1 aliphatic heterocycles. The van der Waals surface area contributed by atoms with Crippen LogP contribution in [-0.2, 0) is 11.2 Å². The van der Waals surface area contributed by atoms with Crippen molar-refractivity contribution in [1.82, 2.24) is 0 Å². The molecule has 0 N–H and O–H groups in total. The quantitative estimate of drug-likeness (QED) is 0.596. The van der Waals surface area contributed by atoms with E-state index < -0.39 is 0 Å². The van der Waals surface area contributed by atoms with Crippen LogP contribution in [0.1, 0.15) is 42.6 Å². The average Bonchev–Trinajstić information content (AvgIpc) is 2.78. The SMILES string of the molecule is CC(C)c1cccc2c1C[C@H]1O[C@H]21. The first-order valence-electron chi connectivity index (χ1n) is 5.04. The van der Waals surface area contributed by atoms with Crippen LogP contribution in [0.15, 0.2) is 18.2 Å². The summed E-state index contributed by atoms with van der Waals surface area (Å²) in [6.45, 7) is 4.53. The van der Waals surface area contributed by atoms with Crippen LogP contribution in [-0.4, -0.2) is 6.10 Å². The molecule has 0 aromatic heterocycles. The molecule has 1 saturated heterocycles. The molecule has 0 amide bonds. The van der Waals surface area contributed by atoms with Crippen LogP contribution in [0.2, 0.25) is 0 Å². The van der Waals surface area contributed by atoms with Crippen LogP contribution < -0.4 is 0 Å². The molecule has 0 spiro atoms. The highest BCUT2D eigenvalue weighted by atomic mass is 16.6. The van der Waals surface area contributed by atoms with Gasteiger partial charge in [0.15, 0.2) is 0 Å². The van der Waals surface area contributed by atoms with Gasteiger partial charge in [0.25, 0.3) is 0 Å². The van der Waals surface area contributed by atoms with Gasteiger partial charge in [-0.25, -0.2) is 0 Å². The first-order valence-corrected chi connectivity index (χ1v) is 5.04. The van der Waals surface area contributed by atoms with E-state index >= 15 is 0 Å². The van der Waals surface area contributed by atoms with Crippen LogP contribution in [0.3, 0.4) is 0 Å². The van der Waals surface area contributed by atoms with Gasteiger partial charge in [0.1, 0.15) is 6.10 Å². The number of hydrogen-bond acceptors (Lipinski definition) is 1. The number of hydrogen-bond donors (Lipinski definition) is 0. The van der Waals surface area contributed by atoms with Gasteiger partial charge in [-0.2, -0.15) is 0 Å². The Balaban J connectivity index is 2.13. The molecule has 1 heterocycles. The van der Waals surface area contributed by atoms with Crippen molar-refractivity contribution >= 4 is 0 Å². The molecule has 1 fully saturated rings. The predicted molar refractivity (Wildman–Crippen MR) is 51.8 cm³/mol. The Kier molecular flexibility index (Phi) is 1.37. The Bertz CT molecular complexity index is 354. The summed E-state index contributed by atoms with van der Waals surface area (Å²) in [6, 6.07) is 6.64. The Morgan fingerprint density at radius 3 is 3.00 bits per heavy atom. The van der Waals surface area contributed by atoms with Gasteiger partial charge >= 0.3 is 0 Å². The molecule has 1 heteroatoms. The Hall–Kier alpha value is -0.820. The number of epoxide rings is 1. The van der Waals surface area contributed by atoms with Crippen LogP contribution in [0, 0.1) is 0 Å². The molecule has 0 bridgehead atoms. The summed E-state index contributed by atoms with van der Waals surface area (Å²) in [6.07, 6.45) is 2.12. The third-order valence-corrected chi connectivity index (χ3v) is 3.16. The van der Waals surface area contributed by atoms with Crippen LogP contribution in [0.5, 0.6) is 0 Å². The standard InChI is InChI=1S/C12H14O/c1-7(2)8-4-3-5-9-10(8)6-11-12(9)13-11/h3-5,7,11-12H,6H2,1-2H3/t11-,12-/m1/s1. The molecule has 0 saturated carbocycles. The van der Waals surface area contributed by atoms with Gasteiger partial charge in [-0.05, 0) is 22.6 Å². The minimum atomic E-state index is 0.452. The van der Waals surface area contributed by atoms with E-state index in [-0.39, 0.29) is 0 Å². The fraction of sp³-hybridized carbons (Fsp3) is 0.500. The fourth-order valence-corrected chi connectivity index (χ4v) is 2.44. The van der Waals surface area contributed by atoms with E-state index in [4.69, 9.17) is 4.74 Å². The second-order valence-corrected chi connectivity index (χ2v) is 4.37. The van der Waals surface area contributed by atoms with Gasteiger partial charge < -0.3 is 4.74 Å². The van der Waals surface area contributed by atoms with Crippen molar-refractivity contribution in [2.45, 2.75) is 38.4 Å². The Morgan fingerprint density at radius 1 is 1.38 bits per heavy atom. The summed E-state index contributed by atoms with van der Waals surface area (Å²) in [5.74, 6) is 0.646. The lowest BCUT2D eigenvalue weighted by atomic mass is 9.94. The maximum atomic E-state index is 5.51. The minimum Gasteiger partial charge on any atom is -0.364 e. The second-order valence-electron chi connectivity index (χ2n) is 4.37. The molecule has 1 aliphatic carbocycles. The minimum absolute atomic E-state index is 0.452. The van der Waals surface area contributed by atoms with Crippen molar-refractivity contribution in [3.8, 4) is 0 Å². The highest BCUT2D eigenvalue weighted by Crippen LogP contribution is 2.50. The van der Waals surface area contributed by atoms with Gasteiger partial charge in [-0.3, -0.25) is 0 Å². The average molecular weight is 174 g/mol. The third kappa shape index (κ3) is 0.969. The number of rotatable bonds is 1. The summed E-state index contributed by atoms with van der Waals surface area (Å²) in [7, 11) is 0.